The average molecular weight is 280 g/mol. The number of likely N-dealkylation sites (tertiary alicyclic amines) is 1. The van der Waals surface area contributed by atoms with Crippen LogP contribution in [-0.4, -0.2) is 49.8 Å². The largest absolute Gasteiger partial charge is 0.380 e. The molecule has 0 aromatic heterocycles. The molecule has 2 fully saturated rings. The van der Waals surface area contributed by atoms with Crippen LogP contribution >= 0.6 is 0 Å². The number of fused-ring (bicyclic) bond motifs is 2. The van der Waals surface area contributed by atoms with Gasteiger partial charge in [0.25, 0.3) is 0 Å². The first-order valence-electron chi connectivity index (χ1n) is 8.38. The fraction of sp³-hybridized carbons (Fsp3) is 0.882. The zero-order valence-electron chi connectivity index (χ0n) is 13.3. The Kier molecular flexibility index (Phi) is 6.53. The topological polar surface area (TPSA) is 24.5 Å². The highest BCUT2D eigenvalue weighted by Gasteiger charge is 2.39. The Labute approximate surface area is 124 Å². The molecule has 0 aromatic rings. The van der Waals surface area contributed by atoms with Crippen molar-refractivity contribution in [1.29, 1.82) is 0 Å². The van der Waals surface area contributed by atoms with E-state index in [2.05, 4.69) is 30.6 Å². The van der Waals surface area contributed by atoms with Crippen LogP contribution < -0.4 is 5.32 Å². The van der Waals surface area contributed by atoms with Crippen molar-refractivity contribution in [3.63, 3.8) is 0 Å². The molecule has 1 saturated carbocycles. The summed E-state index contributed by atoms with van der Waals surface area (Å²) in [6.45, 7) is 13.6. The fourth-order valence-electron chi connectivity index (χ4n) is 3.79. The van der Waals surface area contributed by atoms with Gasteiger partial charge in [0.1, 0.15) is 0 Å². The van der Waals surface area contributed by atoms with Crippen LogP contribution in [0.25, 0.3) is 0 Å². The summed E-state index contributed by atoms with van der Waals surface area (Å²) in [4.78, 5) is 2.67. The maximum absolute atomic E-state index is 5.60. The van der Waals surface area contributed by atoms with Crippen molar-refractivity contribution in [1.82, 2.24) is 10.2 Å². The standard InChI is InChI=1S/C17H32N2O/c1-4-5-10-20-11-9-18-17-15-7-6-8-16(17)13-19(12-15)14(2)3/h4,14-18H,1,5-13H2,2-3H3. The molecule has 3 nitrogen and oxygen atoms in total. The van der Waals surface area contributed by atoms with Gasteiger partial charge in [-0.1, -0.05) is 12.5 Å². The van der Waals surface area contributed by atoms with E-state index < -0.39 is 0 Å². The number of hydrogen-bond acceptors (Lipinski definition) is 3. The van der Waals surface area contributed by atoms with Gasteiger partial charge in [-0.05, 0) is 44.9 Å². The Balaban J connectivity index is 1.73. The highest BCUT2D eigenvalue weighted by atomic mass is 16.5. The molecule has 1 heterocycles. The molecule has 1 aliphatic carbocycles. The molecule has 1 aliphatic heterocycles. The second-order valence-corrected chi connectivity index (χ2v) is 6.67. The van der Waals surface area contributed by atoms with Crippen LogP contribution in [0, 0.1) is 11.8 Å². The van der Waals surface area contributed by atoms with E-state index in [4.69, 9.17) is 4.74 Å². The zero-order chi connectivity index (χ0) is 14.4. The van der Waals surface area contributed by atoms with Crippen LogP contribution in [0.1, 0.15) is 39.5 Å². The van der Waals surface area contributed by atoms with Crippen LogP contribution in [0.5, 0.6) is 0 Å². The van der Waals surface area contributed by atoms with Crippen molar-refractivity contribution in [3.8, 4) is 0 Å². The lowest BCUT2D eigenvalue weighted by Gasteiger charge is -2.49. The summed E-state index contributed by atoms with van der Waals surface area (Å²) >= 11 is 0. The first-order chi connectivity index (χ1) is 9.72. The van der Waals surface area contributed by atoms with Crippen molar-refractivity contribution in [3.05, 3.63) is 12.7 Å². The van der Waals surface area contributed by atoms with Crippen LogP contribution in [0.15, 0.2) is 12.7 Å². The third kappa shape index (κ3) is 4.31. The molecule has 0 radical (unpaired) electrons. The Morgan fingerprint density at radius 1 is 1.25 bits per heavy atom. The third-order valence-electron chi connectivity index (χ3n) is 4.93. The molecule has 2 unspecified atom stereocenters. The molecule has 2 rings (SSSR count). The molecule has 20 heavy (non-hydrogen) atoms. The van der Waals surface area contributed by atoms with Gasteiger partial charge in [0.15, 0.2) is 0 Å². The Morgan fingerprint density at radius 2 is 1.95 bits per heavy atom. The van der Waals surface area contributed by atoms with Crippen LogP contribution in [0.3, 0.4) is 0 Å². The number of nitrogens with one attached hydrogen (secondary N) is 1. The second-order valence-electron chi connectivity index (χ2n) is 6.67. The summed E-state index contributed by atoms with van der Waals surface area (Å²) < 4.78 is 5.60. The van der Waals surface area contributed by atoms with Gasteiger partial charge in [0.05, 0.1) is 13.2 Å². The molecule has 1 saturated heterocycles. The number of hydrogen-bond donors (Lipinski definition) is 1. The minimum Gasteiger partial charge on any atom is -0.380 e. The number of rotatable bonds is 8. The van der Waals surface area contributed by atoms with Gasteiger partial charge in [0.2, 0.25) is 0 Å². The van der Waals surface area contributed by atoms with E-state index in [1.807, 2.05) is 6.08 Å². The van der Waals surface area contributed by atoms with E-state index in [0.717, 1.165) is 44.1 Å². The summed E-state index contributed by atoms with van der Waals surface area (Å²) in [6, 6.07) is 1.42. The molecule has 0 aromatic carbocycles. The van der Waals surface area contributed by atoms with Gasteiger partial charge >= 0.3 is 0 Å². The van der Waals surface area contributed by atoms with E-state index in [9.17, 15) is 0 Å². The summed E-state index contributed by atoms with van der Waals surface area (Å²) in [5.41, 5.74) is 0. The minimum atomic E-state index is 0.696. The molecule has 1 N–H and O–H groups in total. The van der Waals surface area contributed by atoms with E-state index in [-0.39, 0.29) is 0 Å². The maximum atomic E-state index is 5.60. The summed E-state index contributed by atoms with van der Waals surface area (Å²) in [5.74, 6) is 1.69. The van der Waals surface area contributed by atoms with E-state index >= 15 is 0 Å². The normalized spacial score (nSPS) is 30.6. The van der Waals surface area contributed by atoms with Crippen molar-refractivity contribution in [2.75, 3.05) is 32.8 Å². The average Bonchev–Trinajstić information content (AvgIpc) is 2.41. The van der Waals surface area contributed by atoms with Crippen molar-refractivity contribution >= 4 is 0 Å². The third-order valence-corrected chi connectivity index (χ3v) is 4.93. The first-order valence-corrected chi connectivity index (χ1v) is 8.38. The number of piperidine rings is 1. The van der Waals surface area contributed by atoms with E-state index in [0.29, 0.717) is 6.04 Å². The van der Waals surface area contributed by atoms with Gasteiger partial charge in [-0.3, -0.25) is 0 Å². The van der Waals surface area contributed by atoms with Crippen LogP contribution in [-0.2, 0) is 4.74 Å². The van der Waals surface area contributed by atoms with Crippen molar-refractivity contribution < 1.29 is 4.74 Å². The lowest BCUT2D eigenvalue weighted by atomic mass is 9.73. The Morgan fingerprint density at radius 3 is 2.55 bits per heavy atom. The Bertz CT molecular complexity index is 279. The van der Waals surface area contributed by atoms with Crippen molar-refractivity contribution in [2.24, 2.45) is 11.8 Å². The van der Waals surface area contributed by atoms with Gasteiger partial charge in [-0.15, -0.1) is 6.58 Å². The predicted octanol–water partition coefficient (Wildman–Crippen LogP) is 2.68. The van der Waals surface area contributed by atoms with Crippen LogP contribution in [0.4, 0.5) is 0 Å². The minimum absolute atomic E-state index is 0.696. The van der Waals surface area contributed by atoms with Gasteiger partial charge in [-0.25, -0.2) is 0 Å². The molecule has 2 bridgehead atoms. The fourth-order valence-corrected chi connectivity index (χ4v) is 3.79. The molecular formula is C17H32N2O. The molecule has 0 amide bonds. The first kappa shape index (κ1) is 16.0. The SMILES string of the molecule is C=CCCOCCNC1C2CCCC1CN(C(C)C)C2. The van der Waals surface area contributed by atoms with E-state index in [1.54, 1.807) is 0 Å². The monoisotopic (exact) mass is 280 g/mol. The van der Waals surface area contributed by atoms with Crippen molar-refractivity contribution in [2.45, 2.75) is 51.6 Å². The summed E-state index contributed by atoms with van der Waals surface area (Å²) in [6.07, 6.45) is 7.09. The zero-order valence-corrected chi connectivity index (χ0v) is 13.3. The molecule has 3 heteroatoms. The van der Waals surface area contributed by atoms with Gasteiger partial charge < -0.3 is 15.0 Å². The second kappa shape index (κ2) is 8.16. The maximum Gasteiger partial charge on any atom is 0.0591 e. The Hall–Kier alpha value is -0.380. The lowest BCUT2D eigenvalue weighted by molar-refractivity contribution is 0.0257. The number of nitrogens with zero attached hydrogens (tertiary/aromatic N) is 1. The highest BCUT2D eigenvalue weighted by Crippen LogP contribution is 2.35. The van der Waals surface area contributed by atoms with E-state index in [1.165, 1.54) is 32.4 Å². The lowest BCUT2D eigenvalue weighted by Crippen LogP contribution is -2.58. The van der Waals surface area contributed by atoms with Gasteiger partial charge in [0, 0.05) is 31.7 Å². The molecule has 2 aliphatic rings. The summed E-state index contributed by atoms with van der Waals surface area (Å²) in [5, 5.41) is 3.78. The highest BCUT2D eigenvalue weighted by molar-refractivity contribution is 4.95. The molecule has 116 valence electrons. The predicted molar refractivity (Wildman–Crippen MR) is 85.0 cm³/mol. The smallest absolute Gasteiger partial charge is 0.0591 e. The van der Waals surface area contributed by atoms with Gasteiger partial charge in [-0.2, -0.15) is 0 Å². The summed E-state index contributed by atoms with van der Waals surface area (Å²) in [7, 11) is 0. The molecular weight excluding hydrogens is 248 g/mol. The quantitative estimate of drug-likeness (QED) is 0.546. The molecule has 2 atom stereocenters. The number of ether oxygens (including phenoxy) is 1. The van der Waals surface area contributed by atoms with Crippen LogP contribution in [0.2, 0.25) is 0 Å². The molecule has 0 spiro atoms.